The summed E-state index contributed by atoms with van der Waals surface area (Å²) in [6.45, 7) is 0.565. The lowest BCUT2D eigenvalue weighted by Crippen LogP contribution is -2.34. The van der Waals surface area contributed by atoms with E-state index < -0.39 is 0 Å². The standard InChI is InChI=1S/C32H31N5O3/c1-37(2)30-25-9-5-6-10-27(25)35-32(36-30)34-21-14-11-19(12-15-21)18-33-31(40)20-13-16-24-26(17-20)29(39)23-8-4-3-7-22(23)28(24)38/h3-10,13,16-17,19,21H,11-12,14-15,18H2,1-2H3,(H,33,40)(H,34,35,36)/t19-,21+. The van der Waals surface area contributed by atoms with E-state index in [0.717, 1.165) is 42.4 Å². The van der Waals surface area contributed by atoms with Crippen LogP contribution in [0.15, 0.2) is 66.7 Å². The van der Waals surface area contributed by atoms with E-state index in [9.17, 15) is 14.4 Å². The number of ketones is 2. The molecule has 2 aliphatic rings. The lowest BCUT2D eigenvalue weighted by molar-refractivity contribution is 0.0941. The fourth-order valence-electron chi connectivity index (χ4n) is 5.74. The maximum absolute atomic E-state index is 13.0. The summed E-state index contributed by atoms with van der Waals surface area (Å²) in [6, 6.07) is 19.9. The molecule has 0 spiro atoms. The molecule has 0 atom stereocenters. The first kappa shape index (κ1) is 25.7. The van der Waals surface area contributed by atoms with Gasteiger partial charge in [-0.3, -0.25) is 14.4 Å². The van der Waals surface area contributed by atoms with E-state index in [4.69, 9.17) is 9.97 Å². The third kappa shape index (κ3) is 4.81. The summed E-state index contributed by atoms with van der Waals surface area (Å²) in [7, 11) is 3.97. The first-order chi connectivity index (χ1) is 19.4. The largest absolute Gasteiger partial charge is 0.362 e. The minimum atomic E-state index is -0.233. The zero-order valence-corrected chi connectivity index (χ0v) is 22.6. The van der Waals surface area contributed by atoms with Gasteiger partial charge in [0.1, 0.15) is 5.82 Å². The molecule has 1 saturated carbocycles. The highest BCUT2D eigenvalue weighted by molar-refractivity contribution is 6.28. The second kappa shape index (κ2) is 10.5. The van der Waals surface area contributed by atoms with Gasteiger partial charge in [-0.1, -0.05) is 36.4 Å². The summed E-state index contributed by atoms with van der Waals surface area (Å²) in [5.74, 6) is 1.25. The minimum absolute atomic E-state index is 0.186. The molecule has 40 heavy (non-hydrogen) atoms. The average molecular weight is 534 g/mol. The van der Waals surface area contributed by atoms with Crippen LogP contribution in [0.25, 0.3) is 10.9 Å². The molecule has 0 unspecified atom stereocenters. The van der Waals surface area contributed by atoms with Gasteiger partial charge in [0, 0.05) is 59.9 Å². The van der Waals surface area contributed by atoms with Gasteiger partial charge in [-0.2, -0.15) is 4.98 Å². The van der Waals surface area contributed by atoms with Crippen LogP contribution in [0, 0.1) is 5.92 Å². The SMILES string of the molecule is CN(C)c1nc(N[C@H]2CC[C@@H](CNC(=O)c3ccc4c(c3)C(=O)c3ccccc3C4=O)CC2)nc2ccccc12. The number of nitrogens with zero attached hydrogens (tertiary/aromatic N) is 3. The first-order valence-corrected chi connectivity index (χ1v) is 13.7. The number of fused-ring (bicyclic) bond motifs is 3. The van der Waals surface area contributed by atoms with Crippen LogP contribution in [0.2, 0.25) is 0 Å². The van der Waals surface area contributed by atoms with Gasteiger partial charge >= 0.3 is 0 Å². The van der Waals surface area contributed by atoms with Gasteiger partial charge in [0.15, 0.2) is 11.6 Å². The van der Waals surface area contributed by atoms with Crippen molar-refractivity contribution in [1.82, 2.24) is 15.3 Å². The van der Waals surface area contributed by atoms with Crippen molar-refractivity contribution in [2.75, 3.05) is 30.9 Å². The Balaban J connectivity index is 1.05. The molecular weight excluding hydrogens is 502 g/mol. The predicted molar refractivity (Wildman–Crippen MR) is 155 cm³/mol. The van der Waals surface area contributed by atoms with Gasteiger partial charge < -0.3 is 15.5 Å². The monoisotopic (exact) mass is 533 g/mol. The van der Waals surface area contributed by atoms with Crippen LogP contribution in [0.4, 0.5) is 11.8 Å². The second-order valence-electron chi connectivity index (χ2n) is 10.8. The quantitative estimate of drug-likeness (QED) is 0.321. The van der Waals surface area contributed by atoms with E-state index in [1.807, 2.05) is 43.3 Å². The molecule has 2 aliphatic carbocycles. The summed E-state index contributed by atoms with van der Waals surface area (Å²) >= 11 is 0. The molecule has 2 N–H and O–H groups in total. The number of carbonyl (C=O) groups is 3. The van der Waals surface area contributed by atoms with Gasteiger partial charge in [-0.15, -0.1) is 0 Å². The van der Waals surface area contributed by atoms with Gasteiger partial charge in [-0.05, 0) is 61.9 Å². The van der Waals surface area contributed by atoms with E-state index in [0.29, 0.717) is 40.7 Å². The van der Waals surface area contributed by atoms with Crippen molar-refractivity contribution in [3.05, 3.63) is 94.5 Å². The van der Waals surface area contributed by atoms with Crippen LogP contribution in [-0.2, 0) is 0 Å². The Bertz CT molecular complexity index is 1640. The van der Waals surface area contributed by atoms with Crippen LogP contribution in [0.1, 0.15) is 67.9 Å². The smallest absolute Gasteiger partial charge is 0.251 e. The number of rotatable bonds is 6. The van der Waals surface area contributed by atoms with Gasteiger partial charge in [0.05, 0.1) is 5.52 Å². The molecular formula is C32H31N5O3. The Morgan fingerprint density at radius 3 is 2.20 bits per heavy atom. The van der Waals surface area contributed by atoms with Crippen molar-refractivity contribution < 1.29 is 14.4 Å². The summed E-state index contributed by atoms with van der Waals surface area (Å²) in [6.07, 6.45) is 3.87. The number of benzene rings is 3. The molecule has 0 bridgehead atoms. The molecule has 0 saturated heterocycles. The third-order valence-corrected chi connectivity index (χ3v) is 7.93. The maximum Gasteiger partial charge on any atom is 0.251 e. The molecule has 0 aliphatic heterocycles. The van der Waals surface area contributed by atoms with Crippen molar-refractivity contribution in [2.24, 2.45) is 5.92 Å². The molecule has 8 heteroatoms. The number of nitrogens with one attached hydrogen (secondary N) is 2. The molecule has 1 amide bonds. The highest BCUT2D eigenvalue weighted by atomic mass is 16.2. The summed E-state index contributed by atoms with van der Waals surface area (Å²) in [5.41, 5.74) is 2.73. The normalized spacial score (nSPS) is 18.1. The van der Waals surface area contributed by atoms with Crippen LogP contribution in [0.5, 0.6) is 0 Å². The van der Waals surface area contributed by atoms with E-state index in [-0.39, 0.29) is 29.1 Å². The van der Waals surface area contributed by atoms with Crippen molar-refractivity contribution in [2.45, 2.75) is 31.7 Å². The molecule has 4 aromatic rings. The van der Waals surface area contributed by atoms with E-state index in [1.54, 1.807) is 42.5 Å². The Morgan fingerprint density at radius 1 is 0.825 bits per heavy atom. The number of anilines is 2. The molecule has 1 fully saturated rings. The lowest BCUT2D eigenvalue weighted by atomic mass is 9.83. The number of hydrogen-bond acceptors (Lipinski definition) is 7. The molecule has 6 rings (SSSR count). The molecule has 3 aromatic carbocycles. The second-order valence-corrected chi connectivity index (χ2v) is 10.8. The fourth-order valence-corrected chi connectivity index (χ4v) is 5.74. The number of para-hydroxylation sites is 1. The Morgan fingerprint density at radius 2 is 1.48 bits per heavy atom. The van der Waals surface area contributed by atoms with E-state index in [2.05, 4.69) is 10.6 Å². The zero-order chi connectivity index (χ0) is 27.8. The van der Waals surface area contributed by atoms with Crippen LogP contribution in [-0.4, -0.2) is 54.1 Å². The van der Waals surface area contributed by atoms with Crippen molar-refractivity contribution >= 4 is 40.1 Å². The van der Waals surface area contributed by atoms with E-state index in [1.165, 1.54) is 0 Å². The number of hydrogen-bond donors (Lipinski definition) is 2. The number of aromatic nitrogens is 2. The third-order valence-electron chi connectivity index (χ3n) is 7.93. The van der Waals surface area contributed by atoms with Gasteiger partial charge in [0.25, 0.3) is 5.91 Å². The average Bonchev–Trinajstić information content (AvgIpc) is 2.98. The van der Waals surface area contributed by atoms with Crippen molar-refractivity contribution in [1.29, 1.82) is 0 Å². The Hall–Kier alpha value is -4.59. The Labute approximate surface area is 232 Å². The van der Waals surface area contributed by atoms with Crippen molar-refractivity contribution in [3.8, 4) is 0 Å². The molecule has 1 aromatic heterocycles. The highest BCUT2D eigenvalue weighted by Crippen LogP contribution is 2.30. The maximum atomic E-state index is 13.0. The molecule has 8 nitrogen and oxygen atoms in total. The summed E-state index contributed by atoms with van der Waals surface area (Å²) < 4.78 is 0. The topological polar surface area (TPSA) is 104 Å². The lowest BCUT2D eigenvalue weighted by Gasteiger charge is -2.29. The summed E-state index contributed by atoms with van der Waals surface area (Å²) in [4.78, 5) is 50.3. The Kier molecular flexibility index (Phi) is 6.76. The minimum Gasteiger partial charge on any atom is -0.362 e. The van der Waals surface area contributed by atoms with Crippen LogP contribution < -0.4 is 15.5 Å². The number of carbonyl (C=O) groups excluding carboxylic acids is 3. The highest BCUT2D eigenvalue weighted by Gasteiger charge is 2.30. The molecule has 202 valence electrons. The van der Waals surface area contributed by atoms with E-state index >= 15 is 0 Å². The fraction of sp³-hybridized carbons (Fsp3) is 0.281. The zero-order valence-electron chi connectivity index (χ0n) is 22.6. The van der Waals surface area contributed by atoms with Crippen molar-refractivity contribution in [3.63, 3.8) is 0 Å². The summed E-state index contributed by atoms with van der Waals surface area (Å²) in [5, 5.41) is 7.59. The first-order valence-electron chi connectivity index (χ1n) is 13.7. The number of amides is 1. The van der Waals surface area contributed by atoms with Crippen LogP contribution in [0.3, 0.4) is 0 Å². The van der Waals surface area contributed by atoms with Gasteiger partial charge in [-0.25, -0.2) is 4.98 Å². The van der Waals surface area contributed by atoms with Gasteiger partial charge in [0.2, 0.25) is 5.95 Å². The van der Waals surface area contributed by atoms with Crippen LogP contribution >= 0.6 is 0 Å². The predicted octanol–water partition coefficient (Wildman–Crippen LogP) is 4.87. The molecule has 0 radical (unpaired) electrons. The molecule has 1 heterocycles.